The maximum Gasteiger partial charge on any atom is 0.243 e. The summed E-state index contributed by atoms with van der Waals surface area (Å²) in [6.07, 6.45) is 1.88. The molecule has 0 spiro atoms. The molecule has 0 unspecified atom stereocenters. The van der Waals surface area contributed by atoms with Crippen molar-refractivity contribution in [3.8, 4) is 5.75 Å². The minimum absolute atomic E-state index is 0.0181. The van der Waals surface area contributed by atoms with Gasteiger partial charge in [0.1, 0.15) is 11.8 Å². The van der Waals surface area contributed by atoms with E-state index in [2.05, 4.69) is 5.32 Å². The van der Waals surface area contributed by atoms with Gasteiger partial charge in [-0.3, -0.25) is 9.59 Å². The van der Waals surface area contributed by atoms with E-state index in [-0.39, 0.29) is 30.8 Å². The van der Waals surface area contributed by atoms with Crippen molar-refractivity contribution in [2.24, 2.45) is 0 Å². The Balaban J connectivity index is 1.82. The van der Waals surface area contributed by atoms with E-state index >= 15 is 0 Å². The number of carbonyl (C=O) groups is 2. The maximum atomic E-state index is 13.7. The molecule has 3 aromatic carbocycles. The Hall–Kier alpha value is -2.73. The summed E-state index contributed by atoms with van der Waals surface area (Å²) in [6.45, 7) is 4.54. The molecule has 1 N–H and O–H groups in total. The van der Waals surface area contributed by atoms with E-state index in [0.717, 1.165) is 17.5 Å². The van der Waals surface area contributed by atoms with Crippen LogP contribution in [0.15, 0.2) is 72.8 Å². The van der Waals surface area contributed by atoms with Crippen LogP contribution in [0.5, 0.6) is 5.75 Å². The first-order valence-corrected chi connectivity index (χ1v) is 13.9. The van der Waals surface area contributed by atoms with Crippen LogP contribution in [-0.4, -0.2) is 35.4 Å². The van der Waals surface area contributed by atoms with E-state index in [1.165, 1.54) is 0 Å². The van der Waals surface area contributed by atoms with E-state index in [9.17, 15) is 9.59 Å². The molecule has 0 radical (unpaired) electrons. The van der Waals surface area contributed by atoms with Crippen LogP contribution in [0.3, 0.4) is 0 Å². The van der Waals surface area contributed by atoms with Gasteiger partial charge in [0.25, 0.3) is 0 Å². The molecule has 0 bridgehead atoms. The van der Waals surface area contributed by atoms with Crippen LogP contribution in [0, 0.1) is 0 Å². The highest BCUT2D eigenvalue weighted by Crippen LogP contribution is 2.25. The summed E-state index contributed by atoms with van der Waals surface area (Å²) >= 11 is 18.3. The Bertz CT molecular complexity index is 1190. The predicted molar refractivity (Wildman–Crippen MR) is 155 cm³/mol. The SMILES string of the molecule is CC[C@H](C)NC(=O)[C@H](Cc1ccccc1)N(Cc1ccc(Cl)c(Cl)c1)C(=O)CCCOc1ccc(Cl)cc1. The van der Waals surface area contributed by atoms with Crippen LogP contribution < -0.4 is 10.1 Å². The lowest BCUT2D eigenvalue weighted by atomic mass is 10.0. The van der Waals surface area contributed by atoms with Crippen molar-refractivity contribution in [3.63, 3.8) is 0 Å². The lowest BCUT2D eigenvalue weighted by molar-refractivity contribution is -0.141. The molecule has 3 rings (SSSR count). The lowest BCUT2D eigenvalue weighted by Gasteiger charge is -2.32. The smallest absolute Gasteiger partial charge is 0.243 e. The number of carbonyl (C=O) groups excluding carboxylic acids is 2. The number of benzene rings is 3. The fourth-order valence-corrected chi connectivity index (χ4v) is 4.36. The van der Waals surface area contributed by atoms with E-state index < -0.39 is 6.04 Å². The summed E-state index contributed by atoms with van der Waals surface area (Å²) in [4.78, 5) is 28.8. The second kappa shape index (κ2) is 15.0. The highest BCUT2D eigenvalue weighted by atomic mass is 35.5. The topological polar surface area (TPSA) is 58.6 Å². The average molecular weight is 576 g/mol. The van der Waals surface area contributed by atoms with Crippen molar-refractivity contribution in [2.75, 3.05) is 6.61 Å². The highest BCUT2D eigenvalue weighted by molar-refractivity contribution is 6.42. The first-order chi connectivity index (χ1) is 18.3. The third kappa shape index (κ3) is 9.23. The van der Waals surface area contributed by atoms with Crippen molar-refractivity contribution in [3.05, 3.63) is 99.0 Å². The van der Waals surface area contributed by atoms with Gasteiger partial charge in [-0.2, -0.15) is 0 Å². The molecular formula is C30H33Cl3N2O3. The predicted octanol–water partition coefficient (Wildman–Crippen LogP) is 7.36. The number of ether oxygens (including phenoxy) is 1. The Morgan fingerprint density at radius 2 is 1.63 bits per heavy atom. The minimum Gasteiger partial charge on any atom is -0.494 e. The second-order valence-corrected chi connectivity index (χ2v) is 10.5. The molecular weight excluding hydrogens is 543 g/mol. The molecule has 0 aromatic heterocycles. The Morgan fingerprint density at radius 3 is 2.29 bits per heavy atom. The summed E-state index contributed by atoms with van der Waals surface area (Å²) in [5.74, 6) is 0.356. The third-order valence-corrected chi connectivity index (χ3v) is 7.22. The van der Waals surface area contributed by atoms with Gasteiger partial charge in [-0.25, -0.2) is 0 Å². The van der Waals surface area contributed by atoms with Crippen LogP contribution in [0.25, 0.3) is 0 Å². The fraction of sp³-hybridized carbons (Fsp3) is 0.333. The van der Waals surface area contributed by atoms with Crippen molar-refractivity contribution < 1.29 is 14.3 Å². The van der Waals surface area contributed by atoms with Gasteiger partial charge in [0, 0.05) is 30.5 Å². The molecule has 0 aliphatic heterocycles. The normalized spacial score (nSPS) is 12.4. The van der Waals surface area contributed by atoms with Crippen LogP contribution in [0.1, 0.15) is 44.2 Å². The summed E-state index contributed by atoms with van der Waals surface area (Å²) in [6, 6.07) is 21.3. The van der Waals surface area contributed by atoms with Crippen molar-refractivity contribution >= 4 is 46.6 Å². The molecule has 0 saturated carbocycles. The zero-order chi connectivity index (χ0) is 27.5. The standard InChI is InChI=1S/C30H33Cl3N2O3/c1-3-21(2)34-30(37)28(19-22-8-5-4-6-9-22)35(20-23-11-16-26(32)27(33)18-23)29(36)10-7-17-38-25-14-12-24(31)13-15-25/h4-6,8-9,11-16,18,21,28H,3,7,10,17,19-20H2,1-2H3,(H,34,37)/t21-,28-/m0/s1. The fourth-order valence-electron chi connectivity index (χ4n) is 3.92. The summed E-state index contributed by atoms with van der Waals surface area (Å²) < 4.78 is 5.77. The number of rotatable bonds is 13. The summed E-state index contributed by atoms with van der Waals surface area (Å²) in [5, 5.41) is 4.53. The molecule has 38 heavy (non-hydrogen) atoms. The summed E-state index contributed by atoms with van der Waals surface area (Å²) in [5.41, 5.74) is 1.76. The Labute approximate surface area is 240 Å². The van der Waals surface area contributed by atoms with E-state index in [1.807, 2.05) is 50.2 Å². The molecule has 0 saturated heterocycles. The quantitative estimate of drug-likeness (QED) is 0.217. The van der Waals surface area contributed by atoms with Gasteiger partial charge in [-0.05, 0) is 67.3 Å². The average Bonchev–Trinajstić information content (AvgIpc) is 2.91. The van der Waals surface area contributed by atoms with Crippen molar-refractivity contribution in [2.45, 2.75) is 58.2 Å². The number of nitrogens with zero attached hydrogens (tertiary/aromatic N) is 1. The van der Waals surface area contributed by atoms with Crippen LogP contribution >= 0.6 is 34.8 Å². The second-order valence-electron chi connectivity index (χ2n) is 9.20. The lowest BCUT2D eigenvalue weighted by Crippen LogP contribution is -2.52. The van der Waals surface area contributed by atoms with Crippen molar-refractivity contribution in [1.29, 1.82) is 0 Å². The number of nitrogens with one attached hydrogen (secondary N) is 1. The molecule has 0 fully saturated rings. The van der Waals surface area contributed by atoms with E-state index in [0.29, 0.717) is 40.3 Å². The monoisotopic (exact) mass is 574 g/mol. The molecule has 8 heteroatoms. The summed E-state index contributed by atoms with van der Waals surface area (Å²) in [7, 11) is 0. The molecule has 0 aliphatic rings. The highest BCUT2D eigenvalue weighted by Gasteiger charge is 2.30. The Kier molecular flexibility index (Phi) is 11.8. The molecule has 202 valence electrons. The number of halogens is 3. The molecule has 0 heterocycles. The maximum absolute atomic E-state index is 13.7. The van der Waals surface area contributed by atoms with Crippen LogP contribution in [0.4, 0.5) is 0 Å². The van der Waals surface area contributed by atoms with Crippen LogP contribution in [-0.2, 0) is 22.6 Å². The van der Waals surface area contributed by atoms with Gasteiger partial charge in [-0.15, -0.1) is 0 Å². The number of amides is 2. The molecule has 0 aliphatic carbocycles. The largest absolute Gasteiger partial charge is 0.494 e. The van der Waals surface area contributed by atoms with Crippen LogP contribution in [0.2, 0.25) is 15.1 Å². The minimum atomic E-state index is -0.703. The molecule has 5 nitrogen and oxygen atoms in total. The molecule has 3 aromatic rings. The van der Waals surface area contributed by atoms with Gasteiger partial charge in [0.2, 0.25) is 11.8 Å². The number of hydrogen-bond acceptors (Lipinski definition) is 3. The van der Waals surface area contributed by atoms with Gasteiger partial charge in [0.15, 0.2) is 0 Å². The zero-order valence-corrected chi connectivity index (χ0v) is 23.9. The third-order valence-electron chi connectivity index (χ3n) is 6.23. The molecule has 2 atom stereocenters. The Morgan fingerprint density at radius 1 is 0.921 bits per heavy atom. The van der Waals surface area contributed by atoms with Gasteiger partial charge >= 0.3 is 0 Å². The van der Waals surface area contributed by atoms with Gasteiger partial charge < -0.3 is 15.0 Å². The van der Waals surface area contributed by atoms with Crippen molar-refractivity contribution in [1.82, 2.24) is 10.2 Å². The van der Waals surface area contributed by atoms with Gasteiger partial charge in [0.05, 0.1) is 16.7 Å². The molecule has 2 amide bonds. The number of hydrogen-bond donors (Lipinski definition) is 1. The first-order valence-electron chi connectivity index (χ1n) is 12.7. The first kappa shape index (κ1) is 29.8. The van der Waals surface area contributed by atoms with E-state index in [1.54, 1.807) is 41.3 Å². The van der Waals surface area contributed by atoms with Gasteiger partial charge in [-0.1, -0.05) is 78.1 Å². The van der Waals surface area contributed by atoms with E-state index in [4.69, 9.17) is 39.5 Å². The zero-order valence-electron chi connectivity index (χ0n) is 21.6.